The number of nitrogens with zero attached hydrogens (tertiary/aromatic N) is 4. The Hall–Kier alpha value is -3.71. The lowest BCUT2D eigenvalue weighted by Gasteiger charge is -2.06. The van der Waals surface area contributed by atoms with Gasteiger partial charge in [0, 0.05) is 6.07 Å². The van der Waals surface area contributed by atoms with E-state index in [9.17, 15) is 13.6 Å². The quantitative estimate of drug-likeness (QED) is 0.476. The Morgan fingerprint density at radius 3 is 2.59 bits per heavy atom. The number of fused-ring (bicyclic) bond motifs is 1. The number of nitriles is 1. The summed E-state index contributed by atoms with van der Waals surface area (Å²) in [6, 6.07) is 10.9. The van der Waals surface area contributed by atoms with Crippen LogP contribution in [0.5, 0.6) is 0 Å². The van der Waals surface area contributed by atoms with Gasteiger partial charge in [-0.2, -0.15) is 5.26 Å². The number of carbonyl (C=O) groups excluding carboxylic acids is 1. The molecule has 160 valence electrons. The maximum Gasteiger partial charge on any atom is 0.230 e. The highest BCUT2D eigenvalue weighted by molar-refractivity contribution is 7.18. The van der Waals surface area contributed by atoms with E-state index in [0.29, 0.717) is 36.3 Å². The number of amides is 1. The third kappa shape index (κ3) is 4.20. The van der Waals surface area contributed by atoms with Crippen molar-refractivity contribution in [3.8, 4) is 17.2 Å². The van der Waals surface area contributed by atoms with Crippen LogP contribution in [0.25, 0.3) is 21.3 Å². The molecule has 2 aromatic carbocycles. The monoisotopic (exact) mass is 451 g/mol. The Labute approximate surface area is 184 Å². The molecule has 2 aromatic heterocycles. The molecule has 7 nitrogen and oxygen atoms in total. The van der Waals surface area contributed by atoms with Gasteiger partial charge in [-0.1, -0.05) is 6.07 Å². The molecule has 0 radical (unpaired) electrons. The highest BCUT2D eigenvalue weighted by Crippen LogP contribution is 2.34. The standard InChI is InChI=1S/C22H15F2N5O2S/c23-14-5-13(6-15(24)8-14)12-1-2-16-17(7-12)32-21(26-16)10-20-29-28-19(31-20)9-18(30)27-22(11-25)3-4-22/h1-2,5-8H,3-4,9-10H2,(H,27,30). The average molecular weight is 451 g/mol. The lowest BCUT2D eigenvalue weighted by Crippen LogP contribution is -2.36. The van der Waals surface area contributed by atoms with E-state index in [1.165, 1.54) is 23.5 Å². The first-order valence-corrected chi connectivity index (χ1v) is 10.6. The van der Waals surface area contributed by atoms with Crippen LogP contribution in [0, 0.1) is 23.0 Å². The van der Waals surface area contributed by atoms with E-state index in [1.54, 1.807) is 12.1 Å². The predicted octanol–water partition coefficient (Wildman–Crippen LogP) is 3.93. The molecule has 2 heterocycles. The average Bonchev–Trinajstić information content (AvgIpc) is 3.19. The van der Waals surface area contributed by atoms with Crippen molar-refractivity contribution in [1.82, 2.24) is 20.5 Å². The number of rotatable bonds is 6. The smallest absolute Gasteiger partial charge is 0.230 e. The summed E-state index contributed by atoms with van der Waals surface area (Å²) in [4.78, 5) is 16.6. The fourth-order valence-corrected chi connectivity index (χ4v) is 4.34. The summed E-state index contributed by atoms with van der Waals surface area (Å²) >= 11 is 1.41. The molecule has 0 saturated heterocycles. The van der Waals surface area contributed by atoms with Gasteiger partial charge in [0.15, 0.2) is 0 Å². The SMILES string of the molecule is N#CC1(NC(=O)Cc2nnc(Cc3nc4ccc(-c5cc(F)cc(F)c5)cc4s3)o2)CC1. The van der Waals surface area contributed by atoms with Crippen LogP contribution in [0.2, 0.25) is 0 Å². The molecular formula is C22H15F2N5O2S. The minimum Gasteiger partial charge on any atom is -0.424 e. The summed E-state index contributed by atoms with van der Waals surface area (Å²) < 4.78 is 33.5. The Morgan fingerprint density at radius 1 is 1.12 bits per heavy atom. The van der Waals surface area contributed by atoms with Crippen molar-refractivity contribution in [2.24, 2.45) is 0 Å². The number of nitrogens with one attached hydrogen (secondary N) is 1. The molecule has 32 heavy (non-hydrogen) atoms. The van der Waals surface area contributed by atoms with Gasteiger partial charge < -0.3 is 9.73 Å². The minimum atomic E-state index is -0.739. The third-order valence-electron chi connectivity index (χ3n) is 5.09. The number of hydrogen-bond acceptors (Lipinski definition) is 7. The summed E-state index contributed by atoms with van der Waals surface area (Å²) in [5.41, 5.74) is 1.14. The maximum atomic E-state index is 13.5. The highest BCUT2D eigenvalue weighted by atomic mass is 32.1. The molecule has 0 spiro atoms. The van der Waals surface area contributed by atoms with Crippen molar-refractivity contribution in [2.45, 2.75) is 31.2 Å². The second-order valence-corrected chi connectivity index (χ2v) is 8.75. The predicted molar refractivity (Wildman–Crippen MR) is 112 cm³/mol. The molecule has 0 bridgehead atoms. The van der Waals surface area contributed by atoms with Crippen LogP contribution in [-0.4, -0.2) is 26.6 Å². The summed E-state index contributed by atoms with van der Waals surface area (Å²) in [6.45, 7) is 0. The lowest BCUT2D eigenvalue weighted by atomic mass is 10.1. The van der Waals surface area contributed by atoms with Crippen LogP contribution in [0.1, 0.15) is 29.6 Å². The van der Waals surface area contributed by atoms with Gasteiger partial charge >= 0.3 is 0 Å². The first-order valence-electron chi connectivity index (χ1n) is 9.81. The lowest BCUT2D eigenvalue weighted by molar-refractivity contribution is -0.121. The van der Waals surface area contributed by atoms with E-state index in [-0.39, 0.29) is 18.2 Å². The number of carbonyl (C=O) groups is 1. The van der Waals surface area contributed by atoms with Crippen LogP contribution in [0.3, 0.4) is 0 Å². The molecule has 10 heteroatoms. The molecule has 5 rings (SSSR count). The van der Waals surface area contributed by atoms with Crippen LogP contribution >= 0.6 is 11.3 Å². The normalized spacial score (nSPS) is 14.3. The van der Waals surface area contributed by atoms with Crippen LogP contribution < -0.4 is 5.32 Å². The van der Waals surface area contributed by atoms with Gasteiger partial charge in [-0.05, 0) is 48.2 Å². The molecule has 1 fully saturated rings. The van der Waals surface area contributed by atoms with Crippen molar-refractivity contribution in [2.75, 3.05) is 0 Å². The first-order chi connectivity index (χ1) is 15.4. The van der Waals surface area contributed by atoms with Crippen molar-refractivity contribution < 1.29 is 18.0 Å². The van der Waals surface area contributed by atoms with Gasteiger partial charge in [0.1, 0.15) is 28.6 Å². The number of benzene rings is 2. The van der Waals surface area contributed by atoms with Gasteiger partial charge in [-0.15, -0.1) is 21.5 Å². The zero-order chi connectivity index (χ0) is 22.3. The molecule has 4 aromatic rings. The molecule has 1 N–H and O–H groups in total. The van der Waals surface area contributed by atoms with Gasteiger partial charge in [-0.25, -0.2) is 13.8 Å². The second kappa shape index (κ2) is 7.76. The van der Waals surface area contributed by atoms with Crippen molar-refractivity contribution in [3.63, 3.8) is 0 Å². The van der Waals surface area contributed by atoms with E-state index < -0.39 is 17.2 Å². The van der Waals surface area contributed by atoms with Crippen molar-refractivity contribution in [1.29, 1.82) is 5.26 Å². The summed E-state index contributed by atoms with van der Waals surface area (Å²) in [7, 11) is 0. The molecule has 1 saturated carbocycles. The van der Waals surface area contributed by atoms with Crippen LogP contribution in [0.15, 0.2) is 40.8 Å². The van der Waals surface area contributed by atoms with E-state index >= 15 is 0 Å². The van der Waals surface area contributed by atoms with E-state index in [0.717, 1.165) is 21.3 Å². The molecule has 0 aliphatic heterocycles. The molecular weight excluding hydrogens is 436 g/mol. The fraction of sp³-hybridized carbons (Fsp3) is 0.227. The zero-order valence-electron chi connectivity index (χ0n) is 16.6. The van der Waals surface area contributed by atoms with Crippen LogP contribution in [0.4, 0.5) is 8.78 Å². The molecule has 1 amide bonds. The minimum absolute atomic E-state index is 0.0934. The van der Waals surface area contributed by atoms with Gasteiger partial charge in [0.05, 0.1) is 22.7 Å². The van der Waals surface area contributed by atoms with Gasteiger partial charge in [-0.3, -0.25) is 4.79 Å². The summed E-state index contributed by atoms with van der Waals surface area (Å²) in [5.74, 6) is -1.11. The zero-order valence-corrected chi connectivity index (χ0v) is 17.4. The number of thiazole rings is 1. The van der Waals surface area contributed by atoms with E-state index in [2.05, 4.69) is 26.6 Å². The number of halogens is 2. The fourth-order valence-electron chi connectivity index (χ4n) is 3.35. The molecule has 1 aliphatic carbocycles. The maximum absolute atomic E-state index is 13.5. The largest absolute Gasteiger partial charge is 0.424 e. The number of aromatic nitrogens is 3. The topological polar surface area (TPSA) is 105 Å². The highest BCUT2D eigenvalue weighted by Gasteiger charge is 2.44. The van der Waals surface area contributed by atoms with E-state index in [4.69, 9.17) is 9.68 Å². The first kappa shape index (κ1) is 20.2. The van der Waals surface area contributed by atoms with Crippen molar-refractivity contribution >= 4 is 27.5 Å². The molecule has 0 unspecified atom stereocenters. The Bertz CT molecular complexity index is 1370. The number of hydrogen-bond donors (Lipinski definition) is 1. The van der Waals surface area contributed by atoms with E-state index in [1.807, 2.05) is 6.07 Å². The Kier molecular flexibility index (Phi) is 4.90. The summed E-state index contributed by atoms with van der Waals surface area (Å²) in [6.07, 6.45) is 1.50. The van der Waals surface area contributed by atoms with Crippen molar-refractivity contribution in [3.05, 3.63) is 64.8 Å². The Balaban J connectivity index is 1.29. The van der Waals surface area contributed by atoms with Crippen LogP contribution in [-0.2, 0) is 17.6 Å². The van der Waals surface area contributed by atoms with Gasteiger partial charge in [0.2, 0.25) is 17.7 Å². The third-order valence-corrected chi connectivity index (χ3v) is 6.11. The molecule has 1 aliphatic rings. The molecule has 0 atom stereocenters. The second-order valence-electron chi connectivity index (χ2n) is 7.63. The Morgan fingerprint density at radius 2 is 1.88 bits per heavy atom. The van der Waals surface area contributed by atoms with Gasteiger partial charge in [0.25, 0.3) is 0 Å². The summed E-state index contributed by atoms with van der Waals surface area (Å²) in [5, 5.41) is 20.3.